The van der Waals surface area contributed by atoms with Gasteiger partial charge in [0.2, 0.25) is 0 Å². The fourth-order valence-electron chi connectivity index (χ4n) is 5.05. The number of nitrogens with zero attached hydrogens (tertiary/aromatic N) is 1. The molecule has 0 saturated heterocycles. The van der Waals surface area contributed by atoms with Crippen LogP contribution >= 0.6 is 0 Å². The van der Waals surface area contributed by atoms with Crippen molar-refractivity contribution in [3.05, 3.63) is 71.4 Å². The van der Waals surface area contributed by atoms with Crippen LogP contribution in [-0.4, -0.2) is 45.9 Å². The summed E-state index contributed by atoms with van der Waals surface area (Å²) in [4.78, 5) is 36.2. The van der Waals surface area contributed by atoms with Crippen molar-refractivity contribution in [1.82, 2.24) is 15.5 Å². The number of anilines is 1. The van der Waals surface area contributed by atoms with Crippen LogP contribution < -0.4 is 10.6 Å². The number of hydrogen-bond donors (Lipinski definition) is 4. The average Bonchev–Trinajstić information content (AvgIpc) is 3.46. The number of nitrogens with one attached hydrogen (secondary N) is 3. The molecule has 2 unspecified atom stereocenters. The number of aliphatic carboxylic acids is 1. The second kappa shape index (κ2) is 9.61. The van der Waals surface area contributed by atoms with Crippen molar-refractivity contribution in [2.24, 2.45) is 5.92 Å². The van der Waals surface area contributed by atoms with Crippen molar-refractivity contribution in [3.63, 3.8) is 0 Å². The standard InChI is InChI=1S/C26H26N4O5/c31-24(27-16-7-5-6-15(12-16)25(32)33)22-13-23(30-29-22)28-26(34)35-14-21-19-10-3-1-8-17(19)18-9-2-4-11-20(18)21/h1-4,8-11,13,15-16,21H,5-7,12,14H2,(H,27,31)(H,32,33)(H2,28,29,30,34). The Bertz CT molecular complexity index is 1220. The fraction of sp³-hybridized carbons (Fsp3) is 0.308. The van der Waals surface area contributed by atoms with Gasteiger partial charge in [-0.25, -0.2) is 4.79 Å². The first-order valence-corrected chi connectivity index (χ1v) is 11.7. The van der Waals surface area contributed by atoms with Gasteiger partial charge in [0, 0.05) is 18.0 Å². The minimum absolute atomic E-state index is 0.0567. The fourth-order valence-corrected chi connectivity index (χ4v) is 5.05. The zero-order chi connectivity index (χ0) is 24.4. The lowest BCUT2D eigenvalue weighted by Crippen LogP contribution is -2.40. The van der Waals surface area contributed by atoms with Crippen molar-refractivity contribution in [1.29, 1.82) is 0 Å². The van der Waals surface area contributed by atoms with Gasteiger partial charge in [0.05, 0.1) is 5.92 Å². The molecular weight excluding hydrogens is 448 g/mol. The predicted octanol–water partition coefficient (Wildman–Crippen LogP) is 4.14. The molecule has 0 radical (unpaired) electrons. The monoisotopic (exact) mass is 474 g/mol. The maximum Gasteiger partial charge on any atom is 0.412 e. The number of carboxylic acid groups (broad SMARTS) is 1. The molecule has 2 aliphatic rings. The normalized spacial score (nSPS) is 18.9. The first-order valence-electron chi connectivity index (χ1n) is 11.7. The Kier molecular flexibility index (Phi) is 6.22. The highest BCUT2D eigenvalue weighted by Gasteiger charge is 2.30. The van der Waals surface area contributed by atoms with Crippen molar-refractivity contribution in [2.75, 3.05) is 11.9 Å². The largest absolute Gasteiger partial charge is 0.481 e. The molecule has 2 amide bonds. The Hall–Kier alpha value is -4.14. The molecule has 1 fully saturated rings. The Morgan fingerprint density at radius 2 is 1.71 bits per heavy atom. The molecule has 0 bridgehead atoms. The van der Waals surface area contributed by atoms with Gasteiger partial charge in [0.25, 0.3) is 5.91 Å². The van der Waals surface area contributed by atoms with E-state index in [2.05, 4.69) is 33.0 Å². The van der Waals surface area contributed by atoms with E-state index < -0.39 is 23.9 Å². The van der Waals surface area contributed by atoms with Crippen LogP contribution in [-0.2, 0) is 9.53 Å². The van der Waals surface area contributed by atoms with Gasteiger partial charge in [-0.15, -0.1) is 0 Å². The molecule has 0 aliphatic heterocycles. The smallest absolute Gasteiger partial charge is 0.412 e. The highest BCUT2D eigenvalue weighted by atomic mass is 16.5. The molecule has 0 spiro atoms. The lowest BCUT2D eigenvalue weighted by atomic mass is 9.86. The first kappa shape index (κ1) is 22.6. The summed E-state index contributed by atoms with van der Waals surface area (Å²) in [6, 6.07) is 17.4. The van der Waals surface area contributed by atoms with E-state index in [4.69, 9.17) is 4.74 Å². The lowest BCUT2D eigenvalue weighted by molar-refractivity contribution is -0.143. The summed E-state index contributed by atoms with van der Waals surface area (Å²) in [6.07, 6.45) is 1.84. The van der Waals surface area contributed by atoms with Gasteiger partial charge in [-0.3, -0.25) is 20.0 Å². The number of aromatic nitrogens is 2. The first-order chi connectivity index (χ1) is 17.0. The van der Waals surface area contributed by atoms with Crippen LogP contribution in [0.1, 0.15) is 53.2 Å². The summed E-state index contributed by atoms with van der Waals surface area (Å²) in [5, 5.41) is 21.2. The third kappa shape index (κ3) is 4.75. The zero-order valence-corrected chi connectivity index (χ0v) is 19.0. The van der Waals surface area contributed by atoms with Crippen molar-refractivity contribution >= 4 is 23.8 Å². The summed E-state index contributed by atoms with van der Waals surface area (Å²) in [7, 11) is 0. The highest BCUT2D eigenvalue weighted by Crippen LogP contribution is 2.44. The number of ether oxygens (including phenoxy) is 1. The molecule has 2 aliphatic carbocycles. The van der Waals surface area contributed by atoms with Gasteiger partial charge in [-0.1, -0.05) is 55.0 Å². The van der Waals surface area contributed by atoms with E-state index in [0.29, 0.717) is 12.8 Å². The molecule has 35 heavy (non-hydrogen) atoms. The maximum absolute atomic E-state index is 12.5. The SMILES string of the molecule is O=C(Nc1cc(C(=O)NC2CCCC(C(=O)O)C2)[nH]n1)OCC1c2ccccc2-c2ccccc21. The lowest BCUT2D eigenvalue weighted by Gasteiger charge is -2.27. The van der Waals surface area contributed by atoms with Crippen LogP contribution in [0.3, 0.4) is 0 Å². The van der Waals surface area contributed by atoms with Gasteiger partial charge in [-0.05, 0) is 41.5 Å². The van der Waals surface area contributed by atoms with Gasteiger partial charge in [-0.2, -0.15) is 5.10 Å². The van der Waals surface area contributed by atoms with E-state index in [-0.39, 0.29) is 30.1 Å². The Morgan fingerprint density at radius 3 is 2.40 bits per heavy atom. The number of hydrogen-bond acceptors (Lipinski definition) is 5. The summed E-state index contributed by atoms with van der Waals surface area (Å²) >= 11 is 0. The number of carbonyl (C=O) groups is 3. The number of fused-ring (bicyclic) bond motifs is 3. The van der Waals surface area contributed by atoms with Crippen LogP contribution in [0.4, 0.5) is 10.6 Å². The third-order valence-corrected chi connectivity index (χ3v) is 6.75. The predicted molar refractivity (Wildman–Crippen MR) is 128 cm³/mol. The van der Waals surface area contributed by atoms with Crippen molar-refractivity contribution in [3.8, 4) is 11.1 Å². The topological polar surface area (TPSA) is 133 Å². The molecule has 5 rings (SSSR count). The van der Waals surface area contributed by atoms with Gasteiger partial charge < -0.3 is 15.2 Å². The molecule has 1 aromatic heterocycles. The summed E-state index contributed by atoms with van der Waals surface area (Å²) in [5.74, 6) is -1.56. The second-order valence-electron chi connectivity index (χ2n) is 8.99. The van der Waals surface area contributed by atoms with E-state index >= 15 is 0 Å². The van der Waals surface area contributed by atoms with Gasteiger partial charge in [0.15, 0.2) is 5.82 Å². The molecule has 2 atom stereocenters. The number of H-pyrrole nitrogens is 1. The van der Waals surface area contributed by atoms with E-state index in [1.165, 1.54) is 6.07 Å². The van der Waals surface area contributed by atoms with Crippen LogP contribution in [0.25, 0.3) is 11.1 Å². The Balaban J connectivity index is 1.17. The molecule has 9 nitrogen and oxygen atoms in total. The molecule has 2 aromatic carbocycles. The van der Waals surface area contributed by atoms with E-state index in [1.807, 2.05) is 36.4 Å². The Morgan fingerprint density at radius 1 is 1.03 bits per heavy atom. The number of benzene rings is 2. The van der Waals surface area contributed by atoms with Gasteiger partial charge >= 0.3 is 12.1 Å². The van der Waals surface area contributed by atoms with Crippen molar-refractivity contribution < 1.29 is 24.2 Å². The molecule has 1 heterocycles. The van der Waals surface area contributed by atoms with Crippen LogP contribution in [0, 0.1) is 5.92 Å². The number of amides is 2. The molecule has 4 N–H and O–H groups in total. The van der Waals surface area contributed by atoms with E-state index in [9.17, 15) is 19.5 Å². The number of carbonyl (C=O) groups excluding carboxylic acids is 2. The Labute approximate surface area is 201 Å². The molecular formula is C26H26N4O5. The molecule has 180 valence electrons. The minimum atomic E-state index is -0.833. The molecule has 3 aromatic rings. The number of rotatable bonds is 6. The van der Waals surface area contributed by atoms with Crippen LogP contribution in [0.2, 0.25) is 0 Å². The van der Waals surface area contributed by atoms with E-state index in [1.54, 1.807) is 0 Å². The summed E-state index contributed by atoms with van der Waals surface area (Å²) in [6.45, 7) is 0.171. The summed E-state index contributed by atoms with van der Waals surface area (Å²) < 4.78 is 5.51. The van der Waals surface area contributed by atoms with Crippen LogP contribution in [0.15, 0.2) is 54.6 Å². The van der Waals surface area contributed by atoms with Gasteiger partial charge in [0.1, 0.15) is 12.3 Å². The molecule has 9 heteroatoms. The number of carboxylic acids is 1. The zero-order valence-electron chi connectivity index (χ0n) is 19.0. The quantitative estimate of drug-likeness (QED) is 0.424. The third-order valence-electron chi connectivity index (χ3n) is 6.75. The minimum Gasteiger partial charge on any atom is -0.481 e. The average molecular weight is 475 g/mol. The van der Waals surface area contributed by atoms with E-state index in [0.717, 1.165) is 35.1 Å². The molecule has 1 saturated carbocycles. The summed E-state index contributed by atoms with van der Waals surface area (Å²) in [5.41, 5.74) is 4.71. The van der Waals surface area contributed by atoms with Crippen LogP contribution in [0.5, 0.6) is 0 Å². The van der Waals surface area contributed by atoms with Crippen molar-refractivity contribution in [2.45, 2.75) is 37.6 Å². The maximum atomic E-state index is 12.5. The highest BCUT2D eigenvalue weighted by molar-refractivity contribution is 5.94. The number of aromatic amines is 1. The second-order valence-corrected chi connectivity index (χ2v) is 8.99.